The molecule has 2 aromatic rings. The van der Waals surface area contributed by atoms with E-state index in [1.54, 1.807) is 0 Å². The third-order valence-electron chi connectivity index (χ3n) is 5.48. The molecule has 7 heteroatoms. The maximum absolute atomic E-state index is 12.5. The molecule has 7 nitrogen and oxygen atoms in total. The second-order valence-electron chi connectivity index (χ2n) is 7.79. The van der Waals surface area contributed by atoms with Gasteiger partial charge in [0.25, 0.3) is 0 Å². The lowest BCUT2D eigenvalue weighted by atomic mass is 9.98. The third kappa shape index (κ3) is 5.42. The van der Waals surface area contributed by atoms with Gasteiger partial charge in [-0.05, 0) is 35.6 Å². The molecule has 0 heterocycles. The standard InChI is InChI=1S/C24H28N2O5/c1-3-8-16(13-22(27)25-15(2)23(28)29)26-24(30)31-14-21-19-11-6-4-9-17(19)18-10-5-7-12-20(18)21/h4-7,9-12,15-16,21H,3,8,13-14H2,1-2H3,(H,25,27)(H,26,30)(H,28,29)/t15-,16-/m0/s1. The zero-order chi connectivity index (χ0) is 22.4. The lowest BCUT2D eigenvalue weighted by molar-refractivity contribution is -0.141. The predicted molar refractivity (Wildman–Crippen MR) is 117 cm³/mol. The van der Waals surface area contributed by atoms with Crippen molar-refractivity contribution in [3.63, 3.8) is 0 Å². The fourth-order valence-corrected chi connectivity index (χ4v) is 3.97. The number of hydrogen-bond donors (Lipinski definition) is 3. The first-order valence-corrected chi connectivity index (χ1v) is 10.5. The first-order valence-electron chi connectivity index (χ1n) is 10.5. The molecule has 2 amide bonds. The number of carboxylic acids is 1. The van der Waals surface area contributed by atoms with Crippen molar-refractivity contribution in [3.8, 4) is 11.1 Å². The summed E-state index contributed by atoms with van der Waals surface area (Å²) in [5.41, 5.74) is 4.56. The van der Waals surface area contributed by atoms with E-state index in [1.165, 1.54) is 6.92 Å². The van der Waals surface area contributed by atoms with Crippen molar-refractivity contribution in [2.24, 2.45) is 0 Å². The number of carbonyl (C=O) groups excluding carboxylic acids is 2. The summed E-state index contributed by atoms with van der Waals surface area (Å²) in [7, 11) is 0. The molecular formula is C24H28N2O5. The smallest absolute Gasteiger partial charge is 0.407 e. The van der Waals surface area contributed by atoms with Crippen LogP contribution in [0, 0.1) is 0 Å². The number of rotatable bonds is 9. The Hall–Kier alpha value is -3.35. The van der Waals surface area contributed by atoms with Gasteiger partial charge in [0.1, 0.15) is 12.6 Å². The van der Waals surface area contributed by atoms with Gasteiger partial charge in [0.05, 0.1) is 0 Å². The summed E-state index contributed by atoms with van der Waals surface area (Å²) in [6.07, 6.45) is 0.754. The molecule has 2 aromatic carbocycles. The van der Waals surface area contributed by atoms with Crippen LogP contribution in [0.25, 0.3) is 11.1 Å². The van der Waals surface area contributed by atoms with Crippen molar-refractivity contribution in [3.05, 3.63) is 59.7 Å². The Morgan fingerprint density at radius 3 is 2.13 bits per heavy atom. The second-order valence-corrected chi connectivity index (χ2v) is 7.79. The van der Waals surface area contributed by atoms with Crippen LogP contribution in [0.5, 0.6) is 0 Å². The normalized spacial score (nSPS) is 14.1. The lowest BCUT2D eigenvalue weighted by Gasteiger charge is -2.20. The van der Waals surface area contributed by atoms with E-state index in [0.29, 0.717) is 6.42 Å². The Kier molecular flexibility index (Phi) is 7.28. The summed E-state index contributed by atoms with van der Waals surface area (Å²) >= 11 is 0. The van der Waals surface area contributed by atoms with Gasteiger partial charge in [-0.2, -0.15) is 0 Å². The van der Waals surface area contributed by atoms with Crippen molar-refractivity contribution < 1.29 is 24.2 Å². The van der Waals surface area contributed by atoms with E-state index in [-0.39, 0.29) is 18.9 Å². The Morgan fingerprint density at radius 2 is 1.58 bits per heavy atom. The number of carbonyl (C=O) groups is 3. The molecule has 0 spiro atoms. The van der Waals surface area contributed by atoms with Gasteiger partial charge in [-0.1, -0.05) is 61.9 Å². The molecule has 31 heavy (non-hydrogen) atoms. The molecule has 2 atom stereocenters. The van der Waals surface area contributed by atoms with Crippen LogP contribution >= 0.6 is 0 Å². The Balaban J connectivity index is 1.59. The van der Waals surface area contributed by atoms with Crippen molar-refractivity contribution in [2.75, 3.05) is 6.61 Å². The minimum absolute atomic E-state index is 0.00431. The first kappa shape index (κ1) is 22.3. The van der Waals surface area contributed by atoms with E-state index in [0.717, 1.165) is 28.7 Å². The van der Waals surface area contributed by atoms with E-state index in [9.17, 15) is 14.4 Å². The number of carboxylic acid groups (broad SMARTS) is 1. The molecule has 0 aliphatic heterocycles. The van der Waals surface area contributed by atoms with E-state index < -0.39 is 30.1 Å². The Bertz CT molecular complexity index is 913. The zero-order valence-corrected chi connectivity index (χ0v) is 17.8. The number of fused-ring (bicyclic) bond motifs is 3. The second kappa shape index (κ2) is 10.1. The summed E-state index contributed by atoms with van der Waals surface area (Å²) in [4.78, 5) is 35.5. The molecule has 0 unspecified atom stereocenters. The van der Waals surface area contributed by atoms with Crippen molar-refractivity contribution in [2.45, 2.75) is 51.1 Å². The number of ether oxygens (including phenoxy) is 1. The Labute approximate surface area is 181 Å². The van der Waals surface area contributed by atoms with Crippen molar-refractivity contribution in [1.82, 2.24) is 10.6 Å². The highest BCUT2D eigenvalue weighted by atomic mass is 16.5. The molecule has 0 bridgehead atoms. The van der Waals surface area contributed by atoms with Gasteiger partial charge in [-0.3, -0.25) is 9.59 Å². The topological polar surface area (TPSA) is 105 Å². The van der Waals surface area contributed by atoms with Crippen LogP contribution in [0.4, 0.5) is 4.79 Å². The van der Waals surface area contributed by atoms with E-state index in [4.69, 9.17) is 9.84 Å². The highest BCUT2D eigenvalue weighted by Crippen LogP contribution is 2.44. The molecule has 0 saturated heterocycles. The Morgan fingerprint density at radius 1 is 1.00 bits per heavy atom. The molecule has 0 radical (unpaired) electrons. The number of nitrogens with one attached hydrogen (secondary N) is 2. The van der Waals surface area contributed by atoms with Crippen LogP contribution in [0.1, 0.15) is 50.2 Å². The summed E-state index contributed by atoms with van der Waals surface area (Å²) in [6, 6.07) is 14.8. The van der Waals surface area contributed by atoms with Crippen molar-refractivity contribution >= 4 is 18.0 Å². The van der Waals surface area contributed by atoms with Gasteiger partial charge in [0.15, 0.2) is 0 Å². The average molecular weight is 424 g/mol. The molecule has 1 aliphatic carbocycles. The van der Waals surface area contributed by atoms with Crippen LogP contribution in [0.2, 0.25) is 0 Å². The zero-order valence-electron chi connectivity index (χ0n) is 17.8. The summed E-state index contributed by atoms with van der Waals surface area (Å²) in [6.45, 7) is 3.54. The van der Waals surface area contributed by atoms with Gasteiger partial charge >= 0.3 is 12.1 Å². The van der Waals surface area contributed by atoms with E-state index in [2.05, 4.69) is 34.9 Å². The minimum atomic E-state index is -1.11. The number of alkyl carbamates (subject to hydrolysis) is 1. The molecule has 0 saturated carbocycles. The summed E-state index contributed by atoms with van der Waals surface area (Å²) < 4.78 is 5.54. The monoisotopic (exact) mass is 424 g/mol. The molecule has 0 aromatic heterocycles. The quantitative estimate of drug-likeness (QED) is 0.570. The molecule has 0 fully saturated rings. The highest BCUT2D eigenvalue weighted by molar-refractivity contribution is 5.84. The number of aliphatic carboxylic acids is 1. The lowest BCUT2D eigenvalue weighted by Crippen LogP contribution is -2.43. The van der Waals surface area contributed by atoms with Gasteiger partial charge in [-0.15, -0.1) is 0 Å². The van der Waals surface area contributed by atoms with E-state index >= 15 is 0 Å². The molecular weight excluding hydrogens is 396 g/mol. The molecule has 3 rings (SSSR count). The van der Waals surface area contributed by atoms with Crippen LogP contribution < -0.4 is 10.6 Å². The third-order valence-corrected chi connectivity index (χ3v) is 5.48. The predicted octanol–water partition coefficient (Wildman–Crippen LogP) is 3.67. The average Bonchev–Trinajstić information content (AvgIpc) is 3.06. The fraction of sp³-hybridized carbons (Fsp3) is 0.375. The van der Waals surface area contributed by atoms with Crippen molar-refractivity contribution in [1.29, 1.82) is 0 Å². The fourth-order valence-electron chi connectivity index (χ4n) is 3.97. The van der Waals surface area contributed by atoms with Crippen LogP contribution in [0.15, 0.2) is 48.5 Å². The molecule has 164 valence electrons. The number of benzene rings is 2. The first-order chi connectivity index (χ1) is 14.9. The van der Waals surface area contributed by atoms with Gasteiger partial charge in [0.2, 0.25) is 5.91 Å². The largest absolute Gasteiger partial charge is 0.480 e. The highest BCUT2D eigenvalue weighted by Gasteiger charge is 2.29. The van der Waals surface area contributed by atoms with Crippen LogP contribution in [0.3, 0.4) is 0 Å². The number of amides is 2. The molecule has 3 N–H and O–H groups in total. The minimum Gasteiger partial charge on any atom is -0.480 e. The van der Waals surface area contributed by atoms with E-state index in [1.807, 2.05) is 31.2 Å². The SMILES string of the molecule is CCC[C@@H](CC(=O)N[C@@H](C)C(=O)O)NC(=O)OCC1c2ccccc2-c2ccccc21. The summed E-state index contributed by atoms with van der Waals surface area (Å²) in [5, 5.41) is 14.1. The molecule has 1 aliphatic rings. The van der Waals surface area contributed by atoms with Gasteiger partial charge in [-0.25, -0.2) is 4.79 Å². The van der Waals surface area contributed by atoms with Gasteiger partial charge < -0.3 is 20.5 Å². The van der Waals surface area contributed by atoms with Gasteiger partial charge in [0, 0.05) is 18.4 Å². The number of hydrogen-bond acceptors (Lipinski definition) is 4. The summed E-state index contributed by atoms with van der Waals surface area (Å²) in [5.74, 6) is -1.57. The van der Waals surface area contributed by atoms with Crippen LogP contribution in [-0.2, 0) is 14.3 Å². The maximum atomic E-state index is 12.5. The maximum Gasteiger partial charge on any atom is 0.407 e. The van der Waals surface area contributed by atoms with Crippen LogP contribution in [-0.4, -0.2) is 41.8 Å².